The fourth-order valence-corrected chi connectivity index (χ4v) is 2.49. The van der Waals surface area contributed by atoms with Gasteiger partial charge in [0, 0.05) is 17.9 Å². The molecule has 0 saturated carbocycles. The molecule has 14 heavy (non-hydrogen) atoms. The monoisotopic (exact) mass is 253 g/mol. The third-order valence-corrected chi connectivity index (χ3v) is 3.49. The van der Waals surface area contributed by atoms with Crippen molar-refractivity contribution in [3.8, 4) is 0 Å². The van der Waals surface area contributed by atoms with E-state index in [0.717, 1.165) is 6.54 Å². The number of aryl methyl sites for hydroxylation is 1. The predicted molar refractivity (Wildman–Crippen MR) is 63.8 cm³/mol. The van der Waals surface area contributed by atoms with Crippen LogP contribution >= 0.6 is 15.9 Å². The molecule has 1 aliphatic heterocycles. The smallest absolute Gasteiger partial charge is 0.0285 e. The Bertz CT molecular complexity index is 294. The number of hydrogen-bond donors (Lipinski definition) is 0. The molecular formula is C12H16BrN. The molecule has 1 unspecified atom stereocenters. The number of likely N-dealkylation sites (tertiary alicyclic amines) is 1. The highest BCUT2D eigenvalue weighted by Crippen LogP contribution is 2.18. The molecule has 0 spiro atoms. The summed E-state index contributed by atoms with van der Waals surface area (Å²) in [6.07, 6.45) is 1.28. The molecule has 1 atom stereocenters. The van der Waals surface area contributed by atoms with Crippen molar-refractivity contribution in [2.45, 2.75) is 24.7 Å². The number of benzene rings is 1. The van der Waals surface area contributed by atoms with Crippen LogP contribution in [0.4, 0.5) is 0 Å². The number of rotatable bonds is 2. The van der Waals surface area contributed by atoms with Crippen molar-refractivity contribution in [3.63, 3.8) is 0 Å². The van der Waals surface area contributed by atoms with E-state index >= 15 is 0 Å². The lowest BCUT2D eigenvalue weighted by Crippen LogP contribution is -2.19. The molecule has 2 heteroatoms. The number of alkyl halides is 1. The molecule has 1 saturated heterocycles. The lowest BCUT2D eigenvalue weighted by molar-refractivity contribution is 0.332. The number of halogens is 1. The molecule has 76 valence electrons. The first-order valence-corrected chi connectivity index (χ1v) is 6.07. The van der Waals surface area contributed by atoms with Crippen LogP contribution in [0.15, 0.2) is 24.3 Å². The molecule has 0 aliphatic carbocycles. The van der Waals surface area contributed by atoms with Gasteiger partial charge in [-0.3, -0.25) is 4.90 Å². The standard InChI is InChI=1S/C12H16BrN/c1-10-2-4-11(5-3-10)8-14-7-6-12(13)9-14/h2-5,12H,6-9H2,1H3. The zero-order chi connectivity index (χ0) is 9.97. The molecule has 0 radical (unpaired) electrons. The maximum atomic E-state index is 3.66. The summed E-state index contributed by atoms with van der Waals surface area (Å²) in [4.78, 5) is 3.21. The van der Waals surface area contributed by atoms with E-state index in [2.05, 4.69) is 52.0 Å². The van der Waals surface area contributed by atoms with Crippen LogP contribution in [-0.4, -0.2) is 22.8 Å². The Kier molecular flexibility index (Phi) is 3.24. The highest BCUT2D eigenvalue weighted by atomic mass is 79.9. The van der Waals surface area contributed by atoms with Gasteiger partial charge in [0.05, 0.1) is 0 Å². The molecule has 0 bridgehead atoms. The fourth-order valence-electron chi connectivity index (χ4n) is 1.88. The summed E-state index contributed by atoms with van der Waals surface area (Å²) in [5, 5.41) is 0. The van der Waals surface area contributed by atoms with Crippen molar-refractivity contribution >= 4 is 15.9 Å². The van der Waals surface area contributed by atoms with Gasteiger partial charge in [0.15, 0.2) is 0 Å². The molecule has 0 N–H and O–H groups in total. The van der Waals surface area contributed by atoms with Crippen molar-refractivity contribution in [1.82, 2.24) is 4.90 Å². The van der Waals surface area contributed by atoms with Crippen molar-refractivity contribution < 1.29 is 0 Å². The number of nitrogens with zero attached hydrogens (tertiary/aromatic N) is 1. The van der Waals surface area contributed by atoms with Crippen LogP contribution in [0, 0.1) is 6.92 Å². The summed E-state index contributed by atoms with van der Waals surface area (Å²) in [6.45, 7) is 5.65. The Morgan fingerprint density at radius 1 is 1.36 bits per heavy atom. The fraction of sp³-hybridized carbons (Fsp3) is 0.500. The molecule has 2 rings (SSSR count). The maximum absolute atomic E-state index is 3.66. The summed E-state index contributed by atoms with van der Waals surface area (Å²) >= 11 is 3.66. The van der Waals surface area contributed by atoms with Gasteiger partial charge in [-0.1, -0.05) is 45.8 Å². The Hall–Kier alpha value is -0.340. The minimum atomic E-state index is 0.702. The van der Waals surface area contributed by atoms with Crippen LogP contribution in [0.2, 0.25) is 0 Å². The van der Waals surface area contributed by atoms with E-state index < -0.39 is 0 Å². The lowest BCUT2D eigenvalue weighted by Gasteiger charge is -2.14. The summed E-state index contributed by atoms with van der Waals surface area (Å²) in [5.41, 5.74) is 2.77. The minimum absolute atomic E-state index is 0.702. The van der Waals surface area contributed by atoms with E-state index in [0.29, 0.717) is 4.83 Å². The van der Waals surface area contributed by atoms with Crippen molar-refractivity contribution in [2.24, 2.45) is 0 Å². The summed E-state index contributed by atoms with van der Waals surface area (Å²) in [6, 6.07) is 8.85. The lowest BCUT2D eigenvalue weighted by atomic mass is 10.1. The van der Waals surface area contributed by atoms with Crippen LogP contribution in [0.5, 0.6) is 0 Å². The molecule has 1 heterocycles. The van der Waals surface area contributed by atoms with E-state index in [1.807, 2.05) is 0 Å². The van der Waals surface area contributed by atoms with Gasteiger partial charge in [0.2, 0.25) is 0 Å². The third kappa shape index (κ3) is 2.58. The number of hydrogen-bond acceptors (Lipinski definition) is 1. The molecule has 1 aromatic rings. The van der Waals surface area contributed by atoms with Crippen LogP contribution in [0.3, 0.4) is 0 Å². The van der Waals surface area contributed by atoms with Crippen molar-refractivity contribution in [2.75, 3.05) is 13.1 Å². The SMILES string of the molecule is Cc1ccc(CN2CCC(Br)C2)cc1. The summed E-state index contributed by atoms with van der Waals surface area (Å²) in [7, 11) is 0. The second kappa shape index (κ2) is 4.45. The zero-order valence-electron chi connectivity index (χ0n) is 8.54. The zero-order valence-corrected chi connectivity index (χ0v) is 10.1. The Morgan fingerprint density at radius 3 is 2.64 bits per heavy atom. The van der Waals surface area contributed by atoms with Gasteiger partial charge in [0.1, 0.15) is 0 Å². The maximum Gasteiger partial charge on any atom is 0.0285 e. The highest BCUT2D eigenvalue weighted by Gasteiger charge is 2.19. The molecule has 1 nitrogen and oxygen atoms in total. The quantitative estimate of drug-likeness (QED) is 0.733. The highest BCUT2D eigenvalue weighted by molar-refractivity contribution is 9.09. The average Bonchev–Trinajstić information content (AvgIpc) is 2.56. The first-order valence-electron chi connectivity index (χ1n) is 5.16. The van der Waals surface area contributed by atoms with Gasteiger partial charge in [-0.05, 0) is 25.5 Å². The summed E-state index contributed by atoms with van der Waals surface area (Å²) < 4.78 is 0. The molecule has 0 aromatic heterocycles. The predicted octanol–water partition coefficient (Wildman–Crippen LogP) is 2.96. The normalized spacial score (nSPS) is 22.9. The van der Waals surface area contributed by atoms with Gasteiger partial charge in [-0.25, -0.2) is 0 Å². The summed E-state index contributed by atoms with van der Waals surface area (Å²) in [5.74, 6) is 0. The molecule has 1 aromatic carbocycles. The van der Waals surface area contributed by atoms with Crippen LogP contribution in [-0.2, 0) is 6.54 Å². The molecular weight excluding hydrogens is 238 g/mol. The van der Waals surface area contributed by atoms with Crippen molar-refractivity contribution in [3.05, 3.63) is 35.4 Å². The third-order valence-electron chi connectivity index (χ3n) is 2.74. The van der Waals surface area contributed by atoms with E-state index in [1.165, 1.54) is 30.6 Å². The second-order valence-electron chi connectivity index (χ2n) is 4.11. The Morgan fingerprint density at radius 2 is 2.07 bits per heavy atom. The minimum Gasteiger partial charge on any atom is -0.298 e. The molecule has 1 aliphatic rings. The second-order valence-corrected chi connectivity index (χ2v) is 5.40. The van der Waals surface area contributed by atoms with Gasteiger partial charge in [-0.2, -0.15) is 0 Å². The first kappa shape index (κ1) is 10.2. The molecule has 1 fully saturated rings. The van der Waals surface area contributed by atoms with Crippen molar-refractivity contribution in [1.29, 1.82) is 0 Å². The van der Waals surface area contributed by atoms with Gasteiger partial charge in [-0.15, -0.1) is 0 Å². The average molecular weight is 254 g/mol. The van der Waals surface area contributed by atoms with Crippen LogP contribution in [0.1, 0.15) is 17.5 Å². The topological polar surface area (TPSA) is 3.24 Å². The van der Waals surface area contributed by atoms with Crippen LogP contribution in [0.25, 0.3) is 0 Å². The van der Waals surface area contributed by atoms with E-state index in [4.69, 9.17) is 0 Å². The van der Waals surface area contributed by atoms with Gasteiger partial charge < -0.3 is 0 Å². The van der Waals surface area contributed by atoms with E-state index in [1.54, 1.807) is 0 Å². The first-order chi connectivity index (χ1) is 6.74. The Balaban J connectivity index is 1.94. The molecule has 0 amide bonds. The Labute approximate surface area is 94.2 Å². The largest absolute Gasteiger partial charge is 0.298 e. The van der Waals surface area contributed by atoms with Gasteiger partial charge in [0.25, 0.3) is 0 Å². The van der Waals surface area contributed by atoms with Crippen LogP contribution < -0.4 is 0 Å². The van der Waals surface area contributed by atoms with Gasteiger partial charge >= 0.3 is 0 Å². The van der Waals surface area contributed by atoms with E-state index in [-0.39, 0.29) is 0 Å². The van der Waals surface area contributed by atoms with E-state index in [9.17, 15) is 0 Å².